The van der Waals surface area contributed by atoms with Crippen LogP contribution in [0.3, 0.4) is 0 Å². The number of benzene rings is 1. The molecule has 0 saturated heterocycles. The summed E-state index contributed by atoms with van der Waals surface area (Å²) < 4.78 is 5.08. The zero-order valence-corrected chi connectivity index (χ0v) is 9.54. The first kappa shape index (κ1) is 11.0. The van der Waals surface area contributed by atoms with Crippen molar-refractivity contribution in [3.05, 3.63) is 23.8 Å². The first-order valence-corrected chi connectivity index (χ1v) is 4.99. The van der Waals surface area contributed by atoms with Crippen molar-refractivity contribution in [2.75, 3.05) is 7.11 Å². The van der Waals surface area contributed by atoms with Crippen LogP contribution in [0, 0.1) is 0 Å². The molecule has 4 heteroatoms. The molecule has 0 aliphatic carbocycles. The predicted octanol–water partition coefficient (Wildman–Crippen LogP) is 2.43. The van der Waals surface area contributed by atoms with Gasteiger partial charge in [-0.15, -0.1) is 0 Å². The Morgan fingerprint density at radius 1 is 1.57 bits per heavy atom. The highest BCUT2D eigenvalue weighted by molar-refractivity contribution is 9.09. The summed E-state index contributed by atoms with van der Waals surface area (Å²) in [5, 5.41) is 9.28. The van der Waals surface area contributed by atoms with Gasteiger partial charge in [0.25, 0.3) is 0 Å². The summed E-state index contributed by atoms with van der Waals surface area (Å²) in [6, 6.07) is 4.66. The maximum atomic E-state index is 11.1. The van der Waals surface area contributed by atoms with Gasteiger partial charge in [0.15, 0.2) is 0 Å². The van der Waals surface area contributed by atoms with Gasteiger partial charge in [-0.25, -0.2) is 0 Å². The molecular formula is C10H11BrO3. The number of methoxy groups -OCH3 is 1. The van der Waals surface area contributed by atoms with Crippen LogP contribution in [0.5, 0.6) is 11.5 Å². The minimum Gasteiger partial charge on any atom is -0.508 e. The van der Waals surface area contributed by atoms with Gasteiger partial charge in [0.1, 0.15) is 22.1 Å². The highest BCUT2D eigenvalue weighted by Crippen LogP contribution is 2.34. The number of halogens is 1. The molecule has 1 rings (SSSR count). The van der Waals surface area contributed by atoms with E-state index in [0.717, 1.165) is 0 Å². The van der Waals surface area contributed by atoms with Gasteiger partial charge >= 0.3 is 0 Å². The van der Waals surface area contributed by atoms with Gasteiger partial charge in [0, 0.05) is 5.56 Å². The average molecular weight is 259 g/mol. The Morgan fingerprint density at radius 3 is 2.71 bits per heavy atom. The molecule has 1 aromatic carbocycles. The maximum Gasteiger partial charge on any atom is 0.147 e. The zero-order chi connectivity index (χ0) is 10.7. The third-order valence-electron chi connectivity index (χ3n) is 1.84. The van der Waals surface area contributed by atoms with E-state index in [1.54, 1.807) is 6.07 Å². The number of carbonyl (C=O) groups is 1. The lowest BCUT2D eigenvalue weighted by Crippen LogP contribution is -2.03. The number of alkyl halides is 1. The number of phenols is 1. The number of ketones is 1. The fourth-order valence-corrected chi connectivity index (χ4v) is 1.50. The number of hydrogen-bond acceptors (Lipinski definition) is 3. The molecule has 76 valence electrons. The first-order valence-electron chi connectivity index (χ1n) is 4.07. The number of phenolic OH excluding ortho intramolecular Hbond substituents is 1. The molecule has 0 radical (unpaired) electrons. The monoisotopic (exact) mass is 258 g/mol. The normalized spacial score (nSPS) is 12.2. The van der Waals surface area contributed by atoms with E-state index in [4.69, 9.17) is 4.74 Å². The first-order chi connectivity index (χ1) is 6.56. The average Bonchev–Trinajstić information content (AvgIpc) is 2.16. The Bertz CT molecular complexity index is 349. The van der Waals surface area contributed by atoms with Crippen LogP contribution in [0.4, 0.5) is 0 Å². The lowest BCUT2D eigenvalue weighted by atomic mass is 10.1. The number of rotatable bonds is 3. The second-order valence-electron chi connectivity index (χ2n) is 2.90. The fourth-order valence-electron chi connectivity index (χ4n) is 1.14. The number of Topliss-reactive ketones (excluding diaryl/α,β-unsaturated/α-hetero) is 1. The molecule has 1 aromatic rings. The van der Waals surface area contributed by atoms with E-state index in [9.17, 15) is 9.90 Å². The van der Waals surface area contributed by atoms with Crippen molar-refractivity contribution in [1.82, 2.24) is 0 Å². The summed E-state index contributed by atoms with van der Waals surface area (Å²) in [4.78, 5) is 10.7. The molecule has 0 fully saturated rings. The Balaban J connectivity index is 3.16. The predicted molar refractivity (Wildman–Crippen MR) is 57.0 cm³/mol. The SMILES string of the molecule is COc1ccc(O)cc1C(Br)C(C)=O. The standard InChI is InChI=1S/C10H11BrO3/c1-6(12)10(11)8-5-7(13)3-4-9(8)14-2/h3-5,10,13H,1-2H3. The Kier molecular flexibility index (Phi) is 3.52. The van der Waals surface area contributed by atoms with Gasteiger partial charge in [-0.3, -0.25) is 4.79 Å². The largest absolute Gasteiger partial charge is 0.508 e. The van der Waals surface area contributed by atoms with E-state index in [0.29, 0.717) is 11.3 Å². The van der Waals surface area contributed by atoms with Gasteiger partial charge in [-0.05, 0) is 25.1 Å². The van der Waals surface area contributed by atoms with Gasteiger partial charge in [-0.1, -0.05) is 15.9 Å². The Hall–Kier alpha value is -1.03. The van der Waals surface area contributed by atoms with Gasteiger partial charge in [0.2, 0.25) is 0 Å². The lowest BCUT2D eigenvalue weighted by Gasteiger charge is -2.11. The van der Waals surface area contributed by atoms with Crippen LogP contribution in [0.2, 0.25) is 0 Å². The lowest BCUT2D eigenvalue weighted by molar-refractivity contribution is -0.116. The van der Waals surface area contributed by atoms with Crippen molar-refractivity contribution in [2.45, 2.75) is 11.8 Å². The second-order valence-corrected chi connectivity index (χ2v) is 3.82. The quantitative estimate of drug-likeness (QED) is 0.848. The molecule has 0 heterocycles. The molecular weight excluding hydrogens is 248 g/mol. The summed E-state index contributed by atoms with van der Waals surface area (Å²) >= 11 is 3.24. The number of carbonyl (C=O) groups excluding carboxylic acids is 1. The molecule has 0 aliphatic rings. The second kappa shape index (κ2) is 4.46. The maximum absolute atomic E-state index is 11.1. The topological polar surface area (TPSA) is 46.5 Å². The van der Waals surface area contributed by atoms with Crippen molar-refractivity contribution in [2.24, 2.45) is 0 Å². The molecule has 0 aromatic heterocycles. The molecule has 1 unspecified atom stereocenters. The molecule has 0 bridgehead atoms. The van der Waals surface area contributed by atoms with Crippen LogP contribution in [0.15, 0.2) is 18.2 Å². The van der Waals surface area contributed by atoms with Crippen molar-refractivity contribution in [3.63, 3.8) is 0 Å². The van der Waals surface area contributed by atoms with Crippen LogP contribution in [0.25, 0.3) is 0 Å². The molecule has 14 heavy (non-hydrogen) atoms. The van der Waals surface area contributed by atoms with E-state index >= 15 is 0 Å². The molecule has 0 spiro atoms. The number of ether oxygens (including phenoxy) is 1. The highest BCUT2D eigenvalue weighted by Gasteiger charge is 2.17. The van der Waals surface area contributed by atoms with E-state index < -0.39 is 4.83 Å². The van der Waals surface area contributed by atoms with E-state index in [1.165, 1.54) is 26.2 Å². The van der Waals surface area contributed by atoms with Crippen molar-refractivity contribution < 1.29 is 14.6 Å². The van der Waals surface area contributed by atoms with E-state index in [-0.39, 0.29) is 11.5 Å². The zero-order valence-electron chi connectivity index (χ0n) is 7.95. The van der Waals surface area contributed by atoms with Gasteiger partial charge < -0.3 is 9.84 Å². The minimum absolute atomic E-state index is 0.0334. The summed E-state index contributed by atoms with van der Waals surface area (Å²) in [6.07, 6.45) is 0. The number of aromatic hydroxyl groups is 1. The summed E-state index contributed by atoms with van der Waals surface area (Å²) in [5.41, 5.74) is 0.639. The van der Waals surface area contributed by atoms with Crippen LogP contribution >= 0.6 is 15.9 Å². The third-order valence-corrected chi connectivity index (χ3v) is 2.98. The highest BCUT2D eigenvalue weighted by atomic mass is 79.9. The van der Waals surface area contributed by atoms with E-state index in [1.807, 2.05) is 0 Å². The summed E-state index contributed by atoms with van der Waals surface area (Å²) in [6.45, 7) is 1.48. The summed E-state index contributed by atoms with van der Waals surface area (Å²) in [7, 11) is 1.52. The van der Waals surface area contributed by atoms with Crippen molar-refractivity contribution in [3.8, 4) is 11.5 Å². The molecule has 0 saturated carbocycles. The third kappa shape index (κ3) is 2.26. The van der Waals surface area contributed by atoms with Crippen LogP contribution in [-0.4, -0.2) is 18.0 Å². The number of hydrogen-bond donors (Lipinski definition) is 1. The van der Waals surface area contributed by atoms with Crippen molar-refractivity contribution in [1.29, 1.82) is 0 Å². The molecule has 3 nitrogen and oxygen atoms in total. The molecule has 1 N–H and O–H groups in total. The smallest absolute Gasteiger partial charge is 0.147 e. The van der Waals surface area contributed by atoms with E-state index in [2.05, 4.69) is 15.9 Å². The molecule has 1 atom stereocenters. The molecule has 0 amide bonds. The van der Waals surface area contributed by atoms with Crippen molar-refractivity contribution >= 4 is 21.7 Å². The van der Waals surface area contributed by atoms with Crippen LogP contribution in [-0.2, 0) is 4.79 Å². The van der Waals surface area contributed by atoms with Crippen LogP contribution in [0.1, 0.15) is 17.3 Å². The fraction of sp³-hybridized carbons (Fsp3) is 0.300. The summed E-state index contributed by atoms with van der Waals surface area (Å²) in [5.74, 6) is 0.667. The van der Waals surface area contributed by atoms with Gasteiger partial charge in [-0.2, -0.15) is 0 Å². The Labute approximate surface area is 90.8 Å². The van der Waals surface area contributed by atoms with Crippen LogP contribution < -0.4 is 4.74 Å². The van der Waals surface area contributed by atoms with Gasteiger partial charge in [0.05, 0.1) is 7.11 Å². The molecule has 0 aliphatic heterocycles. The minimum atomic E-state index is -0.440. The Morgan fingerprint density at radius 2 is 2.21 bits per heavy atom.